The van der Waals surface area contributed by atoms with Crippen LogP contribution in [0.15, 0.2) is 43.0 Å². The zero-order valence-corrected chi connectivity index (χ0v) is 21.6. The maximum Gasteiger partial charge on any atom is 0.314 e. The molecule has 6 heteroatoms. The fourth-order valence-electron chi connectivity index (χ4n) is 5.69. The van der Waals surface area contributed by atoms with E-state index < -0.39 is 23.5 Å². The summed E-state index contributed by atoms with van der Waals surface area (Å²) in [4.78, 5) is 12.7. The minimum Gasteiger partial charge on any atom is -0.493 e. The van der Waals surface area contributed by atoms with E-state index in [-0.39, 0.29) is 23.4 Å². The Hall–Kier alpha value is -2.76. The van der Waals surface area contributed by atoms with Crippen molar-refractivity contribution in [1.82, 2.24) is 0 Å². The second-order valence-corrected chi connectivity index (χ2v) is 10.7. The van der Waals surface area contributed by atoms with Crippen LogP contribution in [0.5, 0.6) is 11.5 Å². The molecule has 200 valence electrons. The fourth-order valence-corrected chi connectivity index (χ4v) is 5.69. The normalized spacial score (nSPS) is 23.9. The summed E-state index contributed by atoms with van der Waals surface area (Å²) in [5.74, 6) is -2.53. The molecule has 0 radical (unpaired) electrons. The number of carbonyl (C=O) groups is 1. The molecule has 37 heavy (non-hydrogen) atoms. The molecule has 0 N–H and O–H groups in total. The predicted octanol–water partition coefficient (Wildman–Crippen LogP) is 8.62. The van der Waals surface area contributed by atoms with Crippen molar-refractivity contribution >= 4 is 5.97 Å². The van der Waals surface area contributed by atoms with Crippen LogP contribution in [0.1, 0.15) is 94.1 Å². The van der Waals surface area contributed by atoms with E-state index in [9.17, 15) is 18.0 Å². The molecule has 0 heterocycles. The third kappa shape index (κ3) is 6.77. The number of benzene rings is 2. The number of hydrogen-bond acceptors (Lipinski definition) is 3. The quantitative estimate of drug-likeness (QED) is 0.145. The van der Waals surface area contributed by atoms with E-state index in [1.807, 2.05) is 6.08 Å². The molecule has 0 spiro atoms. The third-order valence-electron chi connectivity index (χ3n) is 8.04. The molecule has 2 saturated carbocycles. The first-order valence-corrected chi connectivity index (χ1v) is 13.6. The zero-order valence-electron chi connectivity index (χ0n) is 21.6. The number of rotatable bonds is 9. The minimum absolute atomic E-state index is 0.00371. The van der Waals surface area contributed by atoms with Crippen molar-refractivity contribution < 1.29 is 27.4 Å². The Balaban J connectivity index is 1.31. The predicted molar refractivity (Wildman–Crippen MR) is 138 cm³/mol. The summed E-state index contributed by atoms with van der Waals surface area (Å²) in [5.41, 5.74) is 0.992. The van der Waals surface area contributed by atoms with Gasteiger partial charge in [0.15, 0.2) is 11.6 Å². The van der Waals surface area contributed by atoms with Gasteiger partial charge in [0.05, 0.1) is 12.5 Å². The van der Waals surface area contributed by atoms with Gasteiger partial charge in [0.25, 0.3) is 0 Å². The van der Waals surface area contributed by atoms with Gasteiger partial charge in [-0.25, -0.2) is 8.78 Å². The van der Waals surface area contributed by atoms with Crippen molar-refractivity contribution in [3.05, 3.63) is 71.6 Å². The van der Waals surface area contributed by atoms with Gasteiger partial charge in [-0.2, -0.15) is 4.39 Å². The van der Waals surface area contributed by atoms with Gasteiger partial charge in [-0.05, 0) is 92.4 Å². The van der Waals surface area contributed by atoms with Crippen LogP contribution in [0.2, 0.25) is 0 Å². The standard InChI is InChI=1S/C31H37F3O3/c1-3-4-5-18-36-24-14-15-25(27(32)19-24)21-10-12-23(13-11-21)31(35)37-28-17-16-26(29(33)30(28)34)22-8-6-20(2)7-9-22/h3,14-17,19-23H,1,4-13,18H2,2H3. The number of unbranched alkanes of at least 4 members (excludes halogenated alkanes) is 1. The van der Waals surface area contributed by atoms with Crippen LogP contribution < -0.4 is 9.47 Å². The lowest BCUT2D eigenvalue weighted by atomic mass is 9.78. The van der Waals surface area contributed by atoms with Gasteiger partial charge in [-0.1, -0.05) is 38.0 Å². The van der Waals surface area contributed by atoms with Crippen molar-refractivity contribution in [2.24, 2.45) is 11.8 Å². The summed E-state index contributed by atoms with van der Waals surface area (Å²) in [6.07, 6.45) is 9.42. The molecule has 0 aliphatic heterocycles. The van der Waals surface area contributed by atoms with Crippen molar-refractivity contribution in [1.29, 1.82) is 0 Å². The largest absolute Gasteiger partial charge is 0.493 e. The van der Waals surface area contributed by atoms with E-state index in [2.05, 4.69) is 13.5 Å². The average molecular weight is 515 g/mol. The van der Waals surface area contributed by atoms with Crippen molar-refractivity contribution in [3.8, 4) is 11.5 Å². The van der Waals surface area contributed by atoms with Gasteiger partial charge in [0.1, 0.15) is 11.6 Å². The molecule has 0 amide bonds. The highest BCUT2D eigenvalue weighted by molar-refractivity contribution is 5.75. The third-order valence-corrected chi connectivity index (χ3v) is 8.04. The first-order valence-electron chi connectivity index (χ1n) is 13.6. The van der Waals surface area contributed by atoms with E-state index in [1.54, 1.807) is 18.2 Å². The van der Waals surface area contributed by atoms with Gasteiger partial charge >= 0.3 is 5.97 Å². The molecule has 2 aliphatic carbocycles. The van der Waals surface area contributed by atoms with Crippen LogP contribution in [-0.2, 0) is 4.79 Å². The Morgan fingerprint density at radius 1 is 0.919 bits per heavy atom. The number of carbonyl (C=O) groups excluding carboxylic acids is 1. The van der Waals surface area contributed by atoms with Crippen molar-refractivity contribution in [2.75, 3.05) is 6.61 Å². The molecular formula is C31H37F3O3. The topological polar surface area (TPSA) is 35.5 Å². The lowest BCUT2D eigenvalue weighted by molar-refractivity contribution is -0.140. The van der Waals surface area contributed by atoms with Crippen molar-refractivity contribution in [2.45, 2.75) is 83.0 Å². The van der Waals surface area contributed by atoms with Crippen LogP contribution in [0.3, 0.4) is 0 Å². The summed E-state index contributed by atoms with van der Waals surface area (Å²) >= 11 is 0. The zero-order chi connectivity index (χ0) is 26.4. The number of halogens is 3. The Labute approximate surface area is 218 Å². The molecule has 2 aromatic carbocycles. The molecule has 2 aromatic rings. The van der Waals surface area contributed by atoms with E-state index in [0.717, 1.165) is 38.5 Å². The summed E-state index contributed by atoms with van der Waals surface area (Å²) < 4.78 is 55.3. The number of ether oxygens (including phenoxy) is 2. The highest BCUT2D eigenvalue weighted by Gasteiger charge is 2.31. The minimum atomic E-state index is -1.09. The molecular weight excluding hydrogens is 477 g/mol. The van der Waals surface area contributed by atoms with Crippen LogP contribution in [-0.4, -0.2) is 12.6 Å². The molecule has 2 fully saturated rings. The van der Waals surface area contributed by atoms with Crippen LogP contribution in [0.4, 0.5) is 13.2 Å². The maximum absolute atomic E-state index is 14.8. The van der Waals surface area contributed by atoms with E-state index in [0.29, 0.717) is 55.1 Å². The van der Waals surface area contributed by atoms with E-state index >= 15 is 0 Å². The van der Waals surface area contributed by atoms with Crippen LogP contribution in [0, 0.1) is 29.3 Å². The molecule has 0 unspecified atom stereocenters. The van der Waals surface area contributed by atoms with E-state index in [4.69, 9.17) is 9.47 Å². The first kappa shape index (κ1) is 27.3. The Kier molecular flexibility index (Phi) is 9.33. The number of allylic oxidation sites excluding steroid dienone is 1. The molecule has 0 aromatic heterocycles. The molecule has 0 atom stereocenters. The summed E-state index contributed by atoms with van der Waals surface area (Å²) in [6, 6.07) is 7.90. The van der Waals surface area contributed by atoms with Crippen LogP contribution in [0.25, 0.3) is 0 Å². The highest BCUT2D eigenvalue weighted by Crippen LogP contribution is 2.40. The lowest BCUT2D eigenvalue weighted by Gasteiger charge is -2.28. The monoisotopic (exact) mass is 514 g/mol. The van der Waals surface area contributed by atoms with Gasteiger partial charge in [0, 0.05) is 6.07 Å². The van der Waals surface area contributed by atoms with Gasteiger partial charge in [-0.15, -0.1) is 6.58 Å². The molecule has 0 saturated heterocycles. The highest BCUT2D eigenvalue weighted by atomic mass is 19.2. The average Bonchev–Trinajstić information content (AvgIpc) is 2.90. The second-order valence-electron chi connectivity index (χ2n) is 10.7. The summed E-state index contributed by atoms with van der Waals surface area (Å²) in [7, 11) is 0. The van der Waals surface area contributed by atoms with Gasteiger partial charge < -0.3 is 9.47 Å². The lowest BCUT2D eigenvalue weighted by Crippen LogP contribution is -2.26. The van der Waals surface area contributed by atoms with E-state index in [1.165, 1.54) is 12.1 Å². The first-order chi connectivity index (χ1) is 17.9. The molecule has 4 rings (SSSR count). The summed E-state index contributed by atoms with van der Waals surface area (Å²) in [6.45, 7) is 6.36. The van der Waals surface area contributed by atoms with Crippen molar-refractivity contribution in [3.63, 3.8) is 0 Å². The maximum atomic E-state index is 14.8. The van der Waals surface area contributed by atoms with Gasteiger partial charge in [0.2, 0.25) is 5.82 Å². The Bertz CT molecular complexity index is 1080. The second kappa shape index (κ2) is 12.7. The smallest absolute Gasteiger partial charge is 0.314 e. The Morgan fingerprint density at radius 3 is 2.24 bits per heavy atom. The number of hydrogen-bond donors (Lipinski definition) is 0. The van der Waals surface area contributed by atoms with Crippen LogP contribution >= 0.6 is 0 Å². The van der Waals surface area contributed by atoms with Gasteiger partial charge in [-0.3, -0.25) is 4.79 Å². The molecule has 2 aliphatic rings. The molecule has 0 bridgehead atoms. The molecule has 3 nitrogen and oxygen atoms in total. The number of esters is 1. The SMILES string of the molecule is C=CCCCOc1ccc(C2CCC(C(=O)Oc3ccc(C4CCC(C)CC4)c(F)c3F)CC2)c(F)c1. The fraction of sp³-hybridized carbons (Fsp3) is 0.516. The Morgan fingerprint density at radius 2 is 1.57 bits per heavy atom. The summed E-state index contributed by atoms with van der Waals surface area (Å²) in [5, 5.41) is 0.